The molecule has 0 aromatic carbocycles. The first kappa shape index (κ1) is 9.16. The highest BCUT2D eigenvalue weighted by Gasteiger charge is 2.21. The van der Waals surface area contributed by atoms with Gasteiger partial charge in [-0.25, -0.2) is 0 Å². The normalized spacial score (nSPS) is 29.0. The fourth-order valence-corrected chi connectivity index (χ4v) is 2.89. The molecule has 2 atom stereocenters. The van der Waals surface area contributed by atoms with E-state index in [1.165, 1.54) is 17.7 Å². The van der Waals surface area contributed by atoms with E-state index in [0.717, 1.165) is 5.75 Å². The highest BCUT2D eigenvalue weighted by molar-refractivity contribution is 7.99. The summed E-state index contributed by atoms with van der Waals surface area (Å²) in [5.41, 5.74) is 1.28. The lowest BCUT2D eigenvalue weighted by Crippen LogP contribution is -2.39. The van der Waals surface area contributed by atoms with Crippen LogP contribution in [0.1, 0.15) is 24.9 Å². The minimum absolute atomic E-state index is 0.488. The van der Waals surface area contributed by atoms with Crippen molar-refractivity contribution >= 4 is 11.8 Å². The van der Waals surface area contributed by atoms with Crippen LogP contribution in [0.4, 0.5) is 0 Å². The van der Waals surface area contributed by atoms with Gasteiger partial charge in [-0.1, -0.05) is 6.92 Å². The van der Waals surface area contributed by atoms with Gasteiger partial charge in [0.15, 0.2) is 0 Å². The maximum Gasteiger partial charge on any atom is 0.0950 e. The Morgan fingerprint density at radius 3 is 3.23 bits per heavy atom. The Labute approximate surface area is 83.1 Å². The lowest BCUT2D eigenvalue weighted by Gasteiger charge is -2.29. The number of nitrogens with one attached hydrogen (secondary N) is 1. The first-order valence-corrected chi connectivity index (χ1v) is 5.91. The fourth-order valence-electron chi connectivity index (χ4n) is 1.61. The second-order valence-electron chi connectivity index (χ2n) is 3.42. The number of hydrogen-bond donors (Lipinski definition) is 1. The molecule has 1 aromatic heterocycles. The zero-order chi connectivity index (χ0) is 9.10. The summed E-state index contributed by atoms with van der Waals surface area (Å²) in [5.74, 6) is 2.40. The van der Waals surface area contributed by atoms with Crippen LogP contribution >= 0.6 is 11.8 Å². The molecule has 2 rings (SSSR count). The summed E-state index contributed by atoms with van der Waals surface area (Å²) in [5, 5.41) is 3.62. The summed E-state index contributed by atoms with van der Waals surface area (Å²) in [4.78, 5) is 0. The third-order valence-corrected chi connectivity index (χ3v) is 3.69. The molecule has 1 N–H and O–H groups in total. The number of furan rings is 1. The predicted molar refractivity (Wildman–Crippen MR) is 56.0 cm³/mol. The van der Waals surface area contributed by atoms with Crippen molar-refractivity contribution in [1.29, 1.82) is 0 Å². The van der Waals surface area contributed by atoms with Crippen LogP contribution in [0.2, 0.25) is 0 Å². The second-order valence-corrected chi connectivity index (χ2v) is 4.49. The van der Waals surface area contributed by atoms with Crippen LogP contribution in [0.25, 0.3) is 0 Å². The van der Waals surface area contributed by atoms with Gasteiger partial charge in [0.1, 0.15) is 0 Å². The Morgan fingerprint density at radius 2 is 2.54 bits per heavy atom. The molecular weight excluding hydrogens is 182 g/mol. The van der Waals surface area contributed by atoms with Gasteiger partial charge in [0.2, 0.25) is 0 Å². The first-order valence-electron chi connectivity index (χ1n) is 4.76. The van der Waals surface area contributed by atoms with Gasteiger partial charge in [-0.05, 0) is 12.5 Å². The zero-order valence-electron chi connectivity index (χ0n) is 7.82. The SMILES string of the molecule is CCC1CSCC(c2ccoc2)N1. The van der Waals surface area contributed by atoms with E-state index in [1.807, 2.05) is 18.0 Å². The highest BCUT2D eigenvalue weighted by atomic mass is 32.2. The average molecular weight is 197 g/mol. The van der Waals surface area contributed by atoms with Gasteiger partial charge in [0, 0.05) is 29.2 Å². The zero-order valence-corrected chi connectivity index (χ0v) is 8.64. The van der Waals surface area contributed by atoms with Gasteiger partial charge in [0.05, 0.1) is 12.5 Å². The lowest BCUT2D eigenvalue weighted by atomic mass is 10.1. The molecule has 0 radical (unpaired) electrons. The smallest absolute Gasteiger partial charge is 0.0950 e. The monoisotopic (exact) mass is 197 g/mol. The molecule has 1 aliphatic rings. The van der Waals surface area contributed by atoms with Gasteiger partial charge in [-0.15, -0.1) is 0 Å². The summed E-state index contributed by atoms with van der Waals surface area (Å²) in [6, 6.07) is 3.21. The molecule has 1 aromatic rings. The molecule has 2 nitrogen and oxygen atoms in total. The molecule has 1 aliphatic heterocycles. The van der Waals surface area contributed by atoms with Crippen molar-refractivity contribution in [3.8, 4) is 0 Å². The molecule has 3 heteroatoms. The summed E-state index contributed by atoms with van der Waals surface area (Å²) in [7, 11) is 0. The molecule has 2 unspecified atom stereocenters. The molecular formula is C10H15NOS. The maximum atomic E-state index is 5.09. The van der Waals surface area contributed by atoms with Gasteiger partial charge in [0.25, 0.3) is 0 Å². The Hall–Kier alpha value is -0.410. The van der Waals surface area contributed by atoms with Crippen LogP contribution in [0.3, 0.4) is 0 Å². The molecule has 1 fully saturated rings. The van der Waals surface area contributed by atoms with Gasteiger partial charge >= 0.3 is 0 Å². The van der Waals surface area contributed by atoms with E-state index >= 15 is 0 Å². The minimum Gasteiger partial charge on any atom is -0.472 e. The predicted octanol–water partition coefficient (Wildman–Crippen LogP) is 2.44. The lowest BCUT2D eigenvalue weighted by molar-refractivity contribution is 0.461. The fraction of sp³-hybridized carbons (Fsp3) is 0.600. The van der Waals surface area contributed by atoms with E-state index < -0.39 is 0 Å². The van der Waals surface area contributed by atoms with Crippen molar-refractivity contribution in [3.63, 3.8) is 0 Å². The third-order valence-electron chi connectivity index (χ3n) is 2.48. The quantitative estimate of drug-likeness (QED) is 0.788. The summed E-state index contributed by atoms with van der Waals surface area (Å²) < 4.78 is 5.09. The molecule has 1 saturated heterocycles. The number of thioether (sulfide) groups is 1. The van der Waals surface area contributed by atoms with Crippen LogP contribution in [0.5, 0.6) is 0 Å². The molecule has 0 bridgehead atoms. The van der Waals surface area contributed by atoms with Crippen molar-refractivity contribution in [2.75, 3.05) is 11.5 Å². The first-order chi connectivity index (χ1) is 6.40. The van der Waals surface area contributed by atoms with Crippen LogP contribution < -0.4 is 5.32 Å². The van der Waals surface area contributed by atoms with Crippen molar-refractivity contribution in [1.82, 2.24) is 5.32 Å². The van der Waals surface area contributed by atoms with Gasteiger partial charge in [-0.3, -0.25) is 0 Å². The molecule has 2 heterocycles. The summed E-state index contributed by atoms with van der Waals surface area (Å²) in [6.07, 6.45) is 4.80. The summed E-state index contributed by atoms with van der Waals surface area (Å²) >= 11 is 2.03. The van der Waals surface area contributed by atoms with E-state index in [4.69, 9.17) is 4.42 Å². The van der Waals surface area contributed by atoms with Crippen molar-refractivity contribution in [3.05, 3.63) is 24.2 Å². The average Bonchev–Trinajstić information content (AvgIpc) is 2.71. The standard InChI is InChI=1S/C10H15NOS/c1-2-9-6-13-7-10(11-9)8-3-4-12-5-8/h3-5,9-11H,2,6-7H2,1H3. The number of rotatable bonds is 2. The molecule has 0 spiro atoms. The Bertz CT molecular complexity index is 247. The highest BCUT2D eigenvalue weighted by Crippen LogP contribution is 2.25. The Balaban J connectivity index is 2.00. The van der Waals surface area contributed by atoms with E-state index in [2.05, 4.69) is 18.3 Å². The van der Waals surface area contributed by atoms with E-state index in [0.29, 0.717) is 12.1 Å². The molecule has 0 amide bonds. The molecule has 72 valence electrons. The third kappa shape index (κ3) is 2.09. The van der Waals surface area contributed by atoms with Crippen LogP contribution in [0.15, 0.2) is 23.0 Å². The minimum atomic E-state index is 0.488. The number of hydrogen-bond acceptors (Lipinski definition) is 3. The molecule has 0 aliphatic carbocycles. The van der Waals surface area contributed by atoms with Crippen LogP contribution in [0, 0.1) is 0 Å². The van der Waals surface area contributed by atoms with E-state index in [-0.39, 0.29) is 0 Å². The Morgan fingerprint density at radius 1 is 1.62 bits per heavy atom. The van der Waals surface area contributed by atoms with Crippen LogP contribution in [-0.4, -0.2) is 17.5 Å². The molecule has 13 heavy (non-hydrogen) atoms. The van der Waals surface area contributed by atoms with Crippen molar-refractivity contribution in [2.24, 2.45) is 0 Å². The topological polar surface area (TPSA) is 25.2 Å². The largest absolute Gasteiger partial charge is 0.472 e. The van der Waals surface area contributed by atoms with Crippen molar-refractivity contribution in [2.45, 2.75) is 25.4 Å². The van der Waals surface area contributed by atoms with Crippen LogP contribution in [-0.2, 0) is 0 Å². The van der Waals surface area contributed by atoms with E-state index in [1.54, 1.807) is 6.26 Å². The van der Waals surface area contributed by atoms with Crippen molar-refractivity contribution < 1.29 is 4.42 Å². The van der Waals surface area contributed by atoms with Gasteiger partial charge < -0.3 is 9.73 Å². The van der Waals surface area contributed by atoms with E-state index in [9.17, 15) is 0 Å². The second kappa shape index (κ2) is 4.20. The molecule has 0 saturated carbocycles. The van der Waals surface area contributed by atoms with Gasteiger partial charge in [-0.2, -0.15) is 11.8 Å². The maximum absolute atomic E-state index is 5.09. The Kier molecular flexibility index (Phi) is 2.96. The summed E-state index contributed by atoms with van der Waals surface area (Å²) in [6.45, 7) is 2.23.